The van der Waals surface area contributed by atoms with Gasteiger partial charge in [-0.3, -0.25) is 5.10 Å². The predicted molar refractivity (Wildman–Crippen MR) is 89.1 cm³/mol. The van der Waals surface area contributed by atoms with E-state index in [-0.39, 0.29) is 17.2 Å². The minimum atomic E-state index is -0.910. The van der Waals surface area contributed by atoms with E-state index in [1.54, 1.807) is 19.4 Å². The first-order valence-corrected chi connectivity index (χ1v) is 8.04. The van der Waals surface area contributed by atoms with Crippen molar-refractivity contribution in [3.05, 3.63) is 35.5 Å². The molecular weight excluding hydrogens is 332 g/mol. The molecule has 4 rings (SSSR count). The Kier molecular flexibility index (Phi) is 3.67. The lowest BCUT2D eigenvalue weighted by Crippen LogP contribution is -2.28. The van der Waals surface area contributed by atoms with Crippen molar-refractivity contribution >= 4 is 28.5 Å². The van der Waals surface area contributed by atoms with Crippen molar-refractivity contribution in [3.8, 4) is 0 Å². The molecule has 4 atom stereocenters. The van der Waals surface area contributed by atoms with Crippen LogP contribution in [0.2, 0.25) is 5.28 Å². The third kappa shape index (κ3) is 2.26. The summed E-state index contributed by atoms with van der Waals surface area (Å²) in [6.07, 6.45) is 4.05. The molecule has 1 aliphatic carbocycles. The number of hydrogen-bond acceptors (Lipinski definition) is 6. The Morgan fingerprint density at radius 1 is 1.33 bits per heavy atom. The van der Waals surface area contributed by atoms with Crippen LogP contribution in [0.5, 0.6) is 0 Å². The zero-order valence-corrected chi connectivity index (χ0v) is 13.6. The SMILES string of the molecule is CNc1nc(Cl)nc2c1ccn2[C@@H]1C[C@H](c2cn[nH]c2)[C@@H](O)[C@H]1O. The molecule has 0 aliphatic heterocycles. The number of hydrogen-bond donors (Lipinski definition) is 4. The van der Waals surface area contributed by atoms with Crippen LogP contribution in [0.4, 0.5) is 5.82 Å². The van der Waals surface area contributed by atoms with Crippen LogP contribution >= 0.6 is 11.6 Å². The lowest BCUT2D eigenvalue weighted by molar-refractivity contribution is 0.0179. The number of aromatic amines is 1. The highest BCUT2D eigenvalue weighted by molar-refractivity contribution is 6.28. The van der Waals surface area contributed by atoms with Crippen LogP contribution in [-0.2, 0) is 0 Å². The number of aliphatic hydroxyl groups excluding tert-OH is 2. The van der Waals surface area contributed by atoms with Gasteiger partial charge in [-0.05, 0) is 29.7 Å². The summed E-state index contributed by atoms with van der Waals surface area (Å²) in [5.41, 5.74) is 1.51. The van der Waals surface area contributed by atoms with E-state index >= 15 is 0 Å². The summed E-state index contributed by atoms with van der Waals surface area (Å²) in [5, 5.41) is 31.6. The normalized spacial score (nSPS) is 27.0. The summed E-state index contributed by atoms with van der Waals surface area (Å²) in [5.74, 6) is 0.436. The van der Waals surface area contributed by atoms with Gasteiger partial charge in [-0.1, -0.05) is 0 Å². The molecule has 0 spiro atoms. The van der Waals surface area contributed by atoms with Gasteiger partial charge in [-0.25, -0.2) is 4.98 Å². The first-order chi connectivity index (χ1) is 11.6. The van der Waals surface area contributed by atoms with Crippen LogP contribution < -0.4 is 5.32 Å². The lowest BCUT2D eigenvalue weighted by atomic mass is 9.99. The van der Waals surface area contributed by atoms with Crippen molar-refractivity contribution in [2.75, 3.05) is 12.4 Å². The Morgan fingerprint density at radius 3 is 2.88 bits per heavy atom. The number of H-pyrrole nitrogens is 1. The average Bonchev–Trinajstić information content (AvgIpc) is 3.28. The summed E-state index contributed by atoms with van der Waals surface area (Å²) in [6.45, 7) is 0. The molecule has 1 aliphatic rings. The molecule has 3 heterocycles. The van der Waals surface area contributed by atoms with E-state index in [1.807, 2.05) is 16.8 Å². The quantitative estimate of drug-likeness (QED) is 0.531. The van der Waals surface area contributed by atoms with E-state index in [0.717, 1.165) is 10.9 Å². The first-order valence-electron chi connectivity index (χ1n) is 7.66. The van der Waals surface area contributed by atoms with Gasteiger partial charge in [0.25, 0.3) is 0 Å². The number of halogens is 1. The molecule has 1 saturated carbocycles. The molecule has 3 aromatic heterocycles. The fourth-order valence-corrected chi connectivity index (χ4v) is 3.71. The van der Waals surface area contributed by atoms with Crippen LogP contribution in [0.25, 0.3) is 11.0 Å². The van der Waals surface area contributed by atoms with E-state index in [9.17, 15) is 10.2 Å². The number of nitrogens with one attached hydrogen (secondary N) is 2. The highest BCUT2D eigenvalue weighted by atomic mass is 35.5. The van der Waals surface area contributed by atoms with Crippen LogP contribution in [0.15, 0.2) is 24.7 Å². The van der Waals surface area contributed by atoms with Gasteiger partial charge in [0.1, 0.15) is 17.6 Å². The molecule has 24 heavy (non-hydrogen) atoms. The molecule has 8 nitrogen and oxygen atoms in total. The van der Waals surface area contributed by atoms with Gasteiger partial charge in [0.05, 0.1) is 23.7 Å². The smallest absolute Gasteiger partial charge is 0.226 e. The zero-order chi connectivity index (χ0) is 16.8. The standard InChI is InChI=1S/C15H17ClN6O2/c1-17-13-8-2-3-22(14(8)21-15(16)20-13)10-4-9(11(23)12(10)24)7-5-18-19-6-7/h2-3,5-6,9-12,23-24H,4H2,1H3,(H,18,19)(H,17,20,21)/t9-,10-,11-,12+/m1/s1. The maximum absolute atomic E-state index is 10.6. The summed E-state index contributed by atoms with van der Waals surface area (Å²) < 4.78 is 1.86. The van der Waals surface area contributed by atoms with Gasteiger partial charge in [0, 0.05) is 25.4 Å². The minimum Gasteiger partial charge on any atom is -0.390 e. The first kappa shape index (κ1) is 15.4. The maximum Gasteiger partial charge on any atom is 0.226 e. The van der Waals surface area contributed by atoms with Crippen molar-refractivity contribution in [1.82, 2.24) is 24.7 Å². The number of anilines is 1. The molecule has 9 heteroatoms. The molecule has 0 unspecified atom stereocenters. The predicted octanol–water partition coefficient (Wildman–Crippen LogP) is 1.30. The zero-order valence-electron chi connectivity index (χ0n) is 12.9. The molecule has 3 aromatic rings. The van der Waals surface area contributed by atoms with Crippen LogP contribution in [0, 0.1) is 0 Å². The maximum atomic E-state index is 10.6. The van der Waals surface area contributed by atoms with E-state index in [0.29, 0.717) is 17.9 Å². The average molecular weight is 349 g/mol. The second-order valence-electron chi connectivity index (χ2n) is 5.97. The molecule has 0 saturated heterocycles. The summed E-state index contributed by atoms with van der Waals surface area (Å²) in [4.78, 5) is 8.46. The van der Waals surface area contributed by atoms with Gasteiger partial charge in [0.2, 0.25) is 5.28 Å². The molecular formula is C15H17ClN6O2. The van der Waals surface area contributed by atoms with Gasteiger partial charge < -0.3 is 20.1 Å². The van der Waals surface area contributed by atoms with Crippen LogP contribution in [0.3, 0.4) is 0 Å². The highest BCUT2D eigenvalue weighted by Gasteiger charge is 2.43. The second kappa shape index (κ2) is 5.73. The third-order valence-corrected chi connectivity index (χ3v) is 4.91. The largest absolute Gasteiger partial charge is 0.390 e. The van der Waals surface area contributed by atoms with Crippen molar-refractivity contribution in [3.63, 3.8) is 0 Å². The summed E-state index contributed by atoms with van der Waals surface area (Å²) >= 11 is 6.01. The van der Waals surface area contributed by atoms with Crippen molar-refractivity contribution < 1.29 is 10.2 Å². The van der Waals surface area contributed by atoms with Crippen LogP contribution in [-0.4, -0.2) is 54.2 Å². The number of aromatic nitrogens is 5. The minimum absolute atomic E-state index is 0.131. The Balaban J connectivity index is 1.76. The van der Waals surface area contributed by atoms with E-state index in [4.69, 9.17) is 11.6 Å². The lowest BCUT2D eigenvalue weighted by Gasteiger charge is -2.19. The third-order valence-electron chi connectivity index (χ3n) is 4.74. The molecule has 0 radical (unpaired) electrons. The molecule has 0 aromatic carbocycles. The van der Waals surface area contributed by atoms with Crippen LogP contribution in [0.1, 0.15) is 23.9 Å². The van der Waals surface area contributed by atoms with Gasteiger partial charge in [-0.2, -0.15) is 10.1 Å². The van der Waals surface area contributed by atoms with Crippen molar-refractivity contribution in [2.24, 2.45) is 0 Å². The number of fused-ring (bicyclic) bond motifs is 1. The summed E-state index contributed by atoms with van der Waals surface area (Å²) in [7, 11) is 1.76. The second-order valence-corrected chi connectivity index (χ2v) is 6.31. The van der Waals surface area contributed by atoms with E-state index in [2.05, 4.69) is 25.5 Å². The fraction of sp³-hybridized carbons (Fsp3) is 0.400. The number of rotatable bonds is 3. The topological polar surface area (TPSA) is 112 Å². The molecule has 126 valence electrons. The van der Waals surface area contributed by atoms with E-state index < -0.39 is 12.2 Å². The Morgan fingerprint density at radius 2 is 2.17 bits per heavy atom. The number of nitrogens with zero attached hydrogens (tertiary/aromatic N) is 4. The molecule has 0 amide bonds. The highest BCUT2D eigenvalue weighted by Crippen LogP contribution is 2.42. The fourth-order valence-electron chi connectivity index (χ4n) is 3.54. The molecule has 1 fully saturated rings. The molecule has 4 N–H and O–H groups in total. The monoisotopic (exact) mass is 348 g/mol. The van der Waals surface area contributed by atoms with E-state index in [1.165, 1.54) is 0 Å². The summed E-state index contributed by atoms with van der Waals surface area (Å²) in [6, 6.07) is 1.56. The van der Waals surface area contributed by atoms with Gasteiger partial charge >= 0.3 is 0 Å². The van der Waals surface area contributed by atoms with Gasteiger partial charge in [-0.15, -0.1) is 0 Å². The van der Waals surface area contributed by atoms with Crippen molar-refractivity contribution in [2.45, 2.75) is 30.6 Å². The Labute approximate surface area is 142 Å². The Bertz CT molecular complexity index is 864. The number of aliphatic hydroxyl groups is 2. The Hall–Kier alpha value is -2.16. The molecule has 0 bridgehead atoms. The van der Waals surface area contributed by atoms with Crippen molar-refractivity contribution in [1.29, 1.82) is 0 Å². The van der Waals surface area contributed by atoms with Gasteiger partial charge in [0.15, 0.2) is 0 Å².